The maximum absolute atomic E-state index is 9.69. The van der Waals surface area contributed by atoms with Crippen LogP contribution in [0.1, 0.15) is 19.8 Å². The van der Waals surface area contributed by atoms with E-state index in [1.54, 1.807) is 0 Å². The molecule has 1 unspecified atom stereocenters. The van der Waals surface area contributed by atoms with Gasteiger partial charge in [0.05, 0.1) is 0 Å². The van der Waals surface area contributed by atoms with Crippen LogP contribution < -0.4 is 4.89 Å². The second-order valence-electron chi connectivity index (χ2n) is 1.41. The Morgan fingerprint density at radius 3 is 2.56 bits per heavy atom. The van der Waals surface area contributed by atoms with Crippen molar-refractivity contribution in [1.29, 1.82) is 0 Å². The molecule has 0 spiro atoms. The minimum absolute atomic E-state index is 0. The molecule has 0 amide bonds. The SMILES string of the molecule is CCCCO[P+](=O)[O-].[Cu+]. The number of unbranched alkanes of at least 4 members (excludes halogenated alkanes) is 1. The predicted octanol–water partition coefficient (Wildman–Crippen LogP) is 0.818. The molecule has 0 rings (SSSR count). The standard InChI is InChI=1S/C4H9O3P.Cu/c1-2-3-4-7-8(5)6;/h2-4H2,1H3;/q;+1. The summed E-state index contributed by atoms with van der Waals surface area (Å²) < 4.78 is 13.9. The molecule has 9 heavy (non-hydrogen) atoms. The minimum atomic E-state index is -2.61. The van der Waals surface area contributed by atoms with Gasteiger partial charge in [0.15, 0.2) is 0 Å². The molecule has 0 fully saturated rings. The molecule has 0 radical (unpaired) electrons. The Kier molecular flexibility index (Phi) is 11.6. The predicted molar refractivity (Wildman–Crippen MR) is 28.5 cm³/mol. The van der Waals surface area contributed by atoms with E-state index in [1.807, 2.05) is 6.92 Å². The van der Waals surface area contributed by atoms with Gasteiger partial charge in [0.1, 0.15) is 6.61 Å². The molecule has 0 heterocycles. The first-order valence-electron chi connectivity index (χ1n) is 2.54. The molecule has 0 aliphatic rings. The molecule has 0 aromatic rings. The van der Waals surface area contributed by atoms with Crippen LogP contribution >= 0.6 is 8.25 Å². The maximum atomic E-state index is 9.69. The summed E-state index contributed by atoms with van der Waals surface area (Å²) in [6, 6.07) is 0. The average Bonchev–Trinajstić information content (AvgIpc) is 1.66. The van der Waals surface area contributed by atoms with E-state index in [2.05, 4.69) is 4.52 Å². The minimum Gasteiger partial charge on any atom is -0.566 e. The van der Waals surface area contributed by atoms with Gasteiger partial charge < -0.3 is 4.89 Å². The monoisotopic (exact) mass is 199 g/mol. The van der Waals surface area contributed by atoms with Crippen LogP contribution in [-0.2, 0) is 26.2 Å². The molecule has 58 valence electrons. The second-order valence-corrected chi connectivity index (χ2v) is 2.12. The Hall–Kier alpha value is 0.539. The third kappa shape index (κ3) is 11.9. The molecule has 0 aromatic heterocycles. The fourth-order valence-electron chi connectivity index (χ4n) is 0.283. The average molecular weight is 200 g/mol. The van der Waals surface area contributed by atoms with Crippen LogP contribution in [0.5, 0.6) is 0 Å². The van der Waals surface area contributed by atoms with Gasteiger partial charge >= 0.3 is 25.3 Å². The van der Waals surface area contributed by atoms with Gasteiger partial charge in [-0.15, -0.1) is 4.52 Å². The van der Waals surface area contributed by atoms with Gasteiger partial charge in [0.25, 0.3) is 0 Å². The van der Waals surface area contributed by atoms with Crippen LogP contribution in [0.3, 0.4) is 0 Å². The zero-order chi connectivity index (χ0) is 6.41. The Balaban J connectivity index is 0. The topological polar surface area (TPSA) is 49.4 Å². The summed E-state index contributed by atoms with van der Waals surface area (Å²) in [4.78, 5) is 9.69. The zero-order valence-corrected chi connectivity index (χ0v) is 6.93. The van der Waals surface area contributed by atoms with Crippen molar-refractivity contribution in [2.24, 2.45) is 0 Å². The van der Waals surface area contributed by atoms with E-state index >= 15 is 0 Å². The first-order chi connectivity index (χ1) is 3.77. The molecular weight excluding hydrogens is 191 g/mol. The quantitative estimate of drug-likeness (QED) is 0.383. The van der Waals surface area contributed by atoms with Gasteiger partial charge in [0.2, 0.25) is 0 Å². The molecule has 0 aromatic carbocycles. The fourth-order valence-corrected chi connectivity index (χ4v) is 0.562. The molecule has 1 atom stereocenters. The summed E-state index contributed by atoms with van der Waals surface area (Å²) in [7, 11) is -2.61. The van der Waals surface area contributed by atoms with E-state index in [-0.39, 0.29) is 17.1 Å². The maximum Gasteiger partial charge on any atom is 1.00 e. The van der Waals surface area contributed by atoms with Crippen molar-refractivity contribution in [1.82, 2.24) is 0 Å². The molecule has 0 aliphatic heterocycles. The van der Waals surface area contributed by atoms with Crippen LogP contribution in [0.25, 0.3) is 0 Å². The van der Waals surface area contributed by atoms with Crippen molar-refractivity contribution >= 4 is 8.25 Å². The number of hydrogen-bond acceptors (Lipinski definition) is 3. The van der Waals surface area contributed by atoms with Gasteiger partial charge in [-0.25, -0.2) is 0 Å². The van der Waals surface area contributed by atoms with Crippen molar-refractivity contribution in [3.05, 3.63) is 0 Å². The molecule has 0 N–H and O–H groups in total. The van der Waals surface area contributed by atoms with E-state index < -0.39 is 8.25 Å². The number of rotatable bonds is 4. The van der Waals surface area contributed by atoms with Crippen molar-refractivity contribution in [3.8, 4) is 0 Å². The van der Waals surface area contributed by atoms with Crippen LogP contribution in [0.15, 0.2) is 0 Å². The Morgan fingerprint density at radius 2 is 2.22 bits per heavy atom. The van der Waals surface area contributed by atoms with Gasteiger partial charge in [-0.05, 0) is 11.0 Å². The van der Waals surface area contributed by atoms with Crippen LogP contribution in [0.2, 0.25) is 0 Å². The van der Waals surface area contributed by atoms with Crippen LogP contribution in [-0.4, -0.2) is 6.61 Å². The van der Waals surface area contributed by atoms with E-state index in [9.17, 15) is 9.46 Å². The van der Waals surface area contributed by atoms with Gasteiger partial charge in [-0.1, -0.05) is 13.3 Å². The summed E-state index contributed by atoms with van der Waals surface area (Å²) in [6.45, 7) is 2.30. The van der Waals surface area contributed by atoms with Crippen LogP contribution in [0, 0.1) is 0 Å². The summed E-state index contributed by atoms with van der Waals surface area (Å²) in [6.07, 6.45) is 1.77. The van der Waals surface area contributed by atoms with E-state index in [1.165, 1.54) is 0 Å². The third-order valence-electron chi connectivity index (χ3n) is 0.695. The van der Waals surface area contributed by atoms with Crippen molar-refractivity contribution in [3.63, 3.8) is 0 Å². The summed E-state index contributed by atoms with van der Waals surface area (Å²) in [5.74, 6) is 0. The van der Waals surface area contributed by atoms with Gasteiger partial charge in [0, 0.05) is 0 Å². The third-order valence-corrected chi connectivity index (χ3v) is 1.09. The normalized spacial score (nSPS) is 10.2. The van der Waals surface area contributed by atoms with E-state index in [0.29, 0.717) is 6.61 Å². The first-order valence-corrected chi connectivity index (χ1v) is 3.64. The summed E-state index contributed by atoms with van der Waals surface area (Å²) in [5, 5.41) is 0. The van der Waals surface area contributed by atoms with Crippen molar-refractivity contribution in [2.45, 2.75) is 19.8 Å². The summed E-state index contributed by atoms with van der Waals surface area (Å²) in [5.41, 5.74) is 0. The van der Waals surface area contributed by atoms with Crippen LogP contribution in [0.4, 0.5) is 0 Å². The van der Waals surface area contributed by atoms with Crippen molar-refractivity contribution < 1.29 is 31.1 Å². The molecular formula is C4H9CuO3P+. The fraction of sp³-hybridized carbons (Fsp3) is 1.00. The first kappa shape index (κ1) is 12.2. The van der Waals surface area contributed by atoms with Crippen molar-refractivity contribution in [2.75, 3.05) is 6.61 Å². The molecule has 0 saturated heterocycles. The summed E-state index contributed by atoms with van der Waals surface area (Å²) >= 11 is 0. The van der Waals surface area contributed by atoms with Gasteiger partial charge in [-0.2, -0.15) is 0 Å². The second kappa shape index (κ2) is 8.54. The smallest absolute Gasteiger partial charge is 0.566 e. The van der Waals surface area contributed by atoms with E-state index in [0.717, 1.165) is 12.8 Å². The van der Waals surface area contributed by atoms with E-state index in [4.69, 9.17) is 0 Å². The molecule has 3 nitrogen and oxygen atoms in total. The number of hydrogen-bond donors (Lipinski definition) is 0. The zero-order valence-electron chi connectivity index (χ0n) is 5.09. The molecule has 5 heteroatoms. The molecule has 0 bridgehead atoms. The largest absolute Gasteiger partial charge is 1.00 e. The molecule has 0 aliphatic carbocycles. The molecule has 0 saturated carbocycles. The Labute approximate surface area is 66.2 Å². The Morgan fingerprint density at radius 1 is 1.67 bits per heavy atom. The Bertz CT molecular complexity index is 78.2. The van der Waals surface area contributed by atoms with Gasteiger partial charge in [-0.3, -0.25) is 0 Å².